The zero-order valence-electron chi connectivity index (χ0n) is 0.302. The molecule has 4 heavy (non-hydrogen) atoms. The first-order valence-electron chi connectivity index (χ1n) is 0. The molecule has 23 valence electrons. The summed E-state index contributed by atoms with van der Waals surface area (Å²) in [6.45, 7) is 0. The predicted molar refractivity (Wildman–Crippen MR) is 25.6 cm³/mol. The van der Waals surface area contributed by atoms with E-state index in [1.165, 1.54) is 0 Å². The minimum Gasteiger partial charge on any atom is 0 e. The summed E-state index contributed by atoms with van der Waals surface area (Å²) >= 11 is 0. The summed E-state index contributed by atoms with van der Waals surface area (Å²) in [5.41, 5.74) is 0. The van der Waals surface area contributed by atoms with Gasteiger partial charge in [0, 0.05) is 17.1 Å². The standard InChI is InChI=1S/3Ca.Cu.6H. The van der Waals surface area contributed by atoms with Crippen molar-refractivity contribution in [2.45, 2.75) is 0 Å². The van der Waals surface area contributed by atoms with Crippen LogP contribution in [0.5, 0.6) is 0 Å². The van der Waals surface area contributed by atoms with Crippen LogP contribution in [0.4, 0.5) is 0 Å². The predicted octanol–water partition coefficient (Wildman–Crippen LogP) is -2.75. The van der Waals surface area contributed by atoms with Crippen molar-refractivity contribution in [3.05, 3.63) is 0 Å². The monoisotopic (exact) mass is 189 g/mol. The van der Waals surface area contributed by atoms with Crippen LogP contribution < -0.4 is 0 Å². The van der Waals surface area contributed by atoms with Crippen molar-refractivity contribution in [3.63, 3.8) is 0 Å². The molecule has 0 aromatic rings. The fourth-order valence-corrected chi connectivity index (χ4v) is 0. The third-order valence-corrected chi connectivity index (χ3v) is 0. The Hall–Kier alpha value is 4.30. The molecule has 0 rings (SSSR count). The fourth-order valence-electron chi connectivity index (χ4n) is 0. The molecule has 1 radical (unpaired) electrons. The molecule has 0 heterocycles. The van der Waals surface area contributed by atoms with E-state index in [-0.39, 0.29) is 130 Å². The normalized spacial score (nSPS) is 0. The maximum absolute atomic E-state index is 0. The number of rotatable bonds is 0. The van der Waals surface area contributed by atoms with Gasteiger partial charge >= 0.3 is 113 Å². The average Bonchev–Trinajstić information content (AvgIpc) is 0. The van der Waals surface area contributed by atoms with Gasteiger partial charge in [0.05, 0.1) is 0 Å². The first-order valence-corrected chi connectivity index (χ1v) is 0. The maximum atomic E-state index is 0. The van der Waals surface area contributed by atoms with Gasteiger partial charge in [-0.2, -0.15) is 0 Å². The maximum Gasteiger partial charge on any atom is 0 e. The van der Waals surface area contributed by atoms with Gasteiger partial charge in [-0.3, -0.25) is 0 Å². The van der Waals surface area contributed by atoms with Gasteiger partial charge in [-0.25, -0.2) is 0 Å². The molecule has 0 unspecified atom stereocenters. The molecule has 0 aliphatic rings. The van der Waals surface area contributed by atoms with E-state index in [0.717, 1.165) is 0 Å². The molecule has 0 bridgehead atoms. The molecule has 0 amide bonds. The molecular formula is H6Ca3Cu. The van der Waals surface area contributed by atoms with E-state index in [9.17, 15) is 0 Å². The van der Waals surface area contributed by atoms with E-state index in [1.54, 1.807) is 0 Å². The first-order chi connectivity index (χ1) is 0. The zero-order chi connectivity index (χ0) is 0. The van der Waals surface area contributed by atoms with Crippen LogP contribution in [0.3, 0.4) is 0 Å². The van der Waals surface area contributed by atoms with E-state index in [1.807, 2.05) is 0 Å². The van der Waals surface area contributed by atoms with Gasteiger partial charge in [-0.1, -0.05) is 0 Å². The van der Waals surface area contributed by atoms with Crippen LogP contribution in [0, 0.1) is 0 Å². The van der Waals surface area contributed by atoms with Crippen molar-refractivity contribution < 1.29 is 17.1 Å². The summed E-state index contributed by atoms with van der Waals surface area (Å²) < 4.78 is 0. The van der Waals surface area contributed by atoms with Crippen molar-refractivity contribution in [2.75, 3.05) is 0 Å². The van der Waals surface area contributed by atoms with Crippen molar-refractivity contribution in [2.24, 2.45) is 0 Å². The second-order valence-electron chi connectivity index (χ2n) is 0. The molecule has 0 aromatic heterocycles. The Morgan fingerprint density at radius 3 is 0.500 bits per heavy atom. The fraction of sp³-hybridized carbons (Fsp3) is 0. The second kappa shape index (κ2) is 15.7. The third-order valence-electron chi connectivity index (χ3n) is 0. The number of hydrogen-bond acceptors (Lipinski definition) is 0. The number of hydrogen-bond donors (Lipinski definition) is 0. The Morgan fingerprint density at radius 1 is 0.500 bits per heavy atom. The van der Waals surface area contributed by atoms with Gasteiger partial charge in [0.2, 0.25) is 0 Å². The van der Waals surface area contributed by atoms with Crippen LogP contribution >= 0.6 is 0 Å². The quantitative estimate of drug-likeness (QED) is 0.363. The molecule has 0 aliphatic carbocycles. The van der Waals surface area contributed by atoms with Crippen LogP contribution in [0.1, 0.15) is 0 Å². The van der Waals surface area contributed by atoms with E-state index in [0.29, 0.717) is 0 Å². The molecule has 0 N–H and O–H groups in total. The van der Waals surface area contributed by atoms with Crippen molar-refractivity contribution >= 4 is 113 Å². The molecule has 0 aromatic carbocycles. The Balaban J connectivity index is 0. The SMILES string of the molecule is [CaH2].[CaH2].[CaH2].[Cu]. The molecule has 0 fully saturated rings. The Morgan fingerprint density at radius 2 is 0.500 bits per heavy atom. The van der Waals surface area contributed by atoms with Crippen LogP contribution in [-0.2, 0) is 17.1 Å². The summed E-state index contributed by atoms with van der Waals surface area (Å²) in [6, 6.07) is 0. The third kappa shape index (κ3) is 9.57. The minimum atomic E-state index is 0. The molecule has 0 saturated heterocycles. The minimum absolute atomic E-state index is 0. The molecule has 0 saturated carbocycles. The summed E-state index contributed by atoms with van der Waals surface area (Å²) in [5.74, 6) is 0. The van der Waals surface area contributed by atoms with E-state index >= 15 is 0 Å². The molecule has 4 heteroatoms. The van der Waals surface area contributed by atoms with Crippen molar-refractivity contribution in [3.8, 4) is 0 Å². The van der Waals surface area contributed by atoms with Crippen LogP contribution in [0.15, 0.2) is 0 Å². The van der Waals surface area contributed by atoms with E-state index in [2.05, 4.69) is 0 Å². The van der Waals surface area contributed by atoms with Gasteiger partial charge in [-0.15, -0.1) is 0 Å². The Kier molecular flexibility index (Phi) is 93.7. The van der Waals surface area contributed by atoms with E-state index in [4.69, 9.17) is 0 Å². The smallest absolute Gasteiger partial charge is 0 e. The van der Waals surface area contributed by atoms with Gasteiger partial charge in [-0.05, 0) is 0 Å². The first kappa shape index (κ1) is 23.9. The second-order valence-corrected chi connectivity index (χ2v) is 0. The van der Waals surface area contributed by atoms with Crippen LogP contribution in [0.25, 0.3) is 0 Å². The van der Waals surface area contributed by atoms with Gasteiger partial charge in [0.15, 0.2) is 0 Å². The van der Waals surface area contributed by atoms with Crippen molar-refractivity contribution in [1.82, 2.24) is 0 Å². The van der Waals surface area contributed by atoms with Gasteiger partial charge in [0.25, 0.3) is 0 Å². The molecular weight excluding hydrogens is 184 g/mol. The topological polar surface area (TPSA) is 0 Å². The molecule has 0 aliphatic heterocycles. The molecule has 0 atom stereocenters. The van der Waals surface area contributed by atoms with Crippen LogP contribution in [0.2, 0.25) is 0 Å². The Labute approximate surface area is 126 Å². The average molecular weight is 190 g/mol. The van der Waals surface area contributed by atoms with E-state index < -0.39 is 0 Å². The van der Waals surface area contributed by atoms with Crippen molar-refractivity contribution in [1.29, 1.82) is 0 Å². The van der Waals surface area contributed by atoms with Gasteiger partial charge in [0.1, 0.15) is 0 Å². The zero-order valence-corrected chi connectivity index (χ0v) is 1.24. The molecule has 0 spiro atoms. The Bertz CT molecular complexity index is 3.25. The van der Waals surface area contributed by atoms with Gasteiger partial charge < -0.3 is 0 Å². The molecule has 0 nitrogen and oxygen atoms in total. The summed E-state index contributed by atoms with van der Waals surface area (Å²) in [5, 5.41) is 0. The summed E-state index contributed by atoms with van der Waals surface area (Å²) in [6.07, 6.45) is 0. The van der Waals surface area contributed by atoms with Crippen LogP contribution in [-0.4, -0.2) is 113 Å². The summed E-state index contributed by atoms with van der Waals surface area (Å²) in [4.78, 5) is 0. The summed E-state index contributed by atoms with van der Waals surface area (Å²) in [7, 11) is 0. The largest absolute Gasteiger partial charge is 0 e.